The third kappa shape index (κ3) is 2.85. The molecule has 0 heterocycles. The third-order valence-corrected chi connectivity index (χ3v) is 2.93. The number of hydrogen-bond acceptors (Lipinski definition) is 3. The van der Waals surface area contributed by atoms with Crippen LogP contribution in [0.5, 0.6) is 11.5 Å². The van der Waals surface area contributed by atoms with Gasteiger partial charge in [-0.1, -0.05) is 6.07 Å². The molecular weight excluding hydrogens is 242 g/mol. The van der Waals surface area contributed by atoms with Crippen molar-refractivity contribution in [2.45, 2.75) is 13.8 Å². The first-order chi connectivity index (χ1) is 8.97. The lowest BCUT2D eigenvalue weighted by atomic mass is 10.1. The quantitative estimate of drug-likeness (QED) is 0.724. The minimum atomic E-state index is -0.305. The first-order valence-corrected chi connectivity index (χ1v) is 5.88. The Bertz CT molecular complexity index is 635. The van der Waals surface area contributed by atoms with Crippen molar-refractivity contribution in [1.29, 1.82) is 0 Å². The molecule has 1 amide bonds. The Hall–Kier alpha value is -2.49. The maximum absolute atomic E-state index is 12.0. The molecule has 0 atom stereocenters. The van der Waals surface area contributed by atoms with E-state index >= 15 is 0 Å². The molecule has 0 saturated heterocycles. The molecule has 4 nitrogen and oxygen atoms in total. The fraction of sp³-hybridized carbons (Fsp3) is 0.133. The fourth-order valence-electron chi connectivity index (χ4n) is 1.69. The highest BCUT2D eigenvalue weighted by Gasteiger charge is 2.08. The molecule has 2 aromatic carbocycles. The van der Waals surface area contributed by atoms with Gasteiger partial charge < -0.3 is 15.5 Å². The van der Waals surface area contributed by atoms with E-state index < -0.39 is 0 Å². The summed E-state index contributed by atoms with van der Waals surface area (Å²) in [6.45, 7) is 3.52. The Balaban J connectivity index is 2.20. The summed E-state index contributed by atoms with van der Waals surface area (Å²) in [6, 6.07) is 9.59. The van der Waals surface area contributed by atoms with Crippen LogP contribution in [0.1, 0.15) is 21.5 Å². The van der Waals surface area contributed by atoms with Gasteiger partial charge in [-0.3, -0.25) is 4.79 Å². The molecule has 0 bridgehead atoms. The largest absolute Gasteiger partial charge is 0.508 e. The predicted octanol–water partition coefficient (Wildman–Crippen LogP) is 2.97. The van der Waals surface area contributed by atoms with Crippen LogP contribution in [0.4, 0.5) is 5.69 Å². The average Bonchev–Trinajstić information content (AvgIpc) is 2.37. The number of amides is 1. The standard InChI is InChI=1S/C15H15NO3/c1-9-3-4-11(8-14(9)18)15(19)16-12-5-6-13(17)10(2)7-12/h3-8,17-18H,1-2H3,(H,16,19). The van der Waals surface area contributed by atoms with Crippen molar-refractivity contribution in [2.24, 2.45) is 0 Å². The topological polar surface area (TPSA) is 69.6 Å². The number of aromatic hydroxyl groups is 2. The lowest BCUT2D eigenvalue weighted by Gasteiger charge is -2.08. The second kappa shape index (κ2) is 5.02. The van der Waals surface area contributed by atoms with E-state index in [0.29, 0.717) is 16.8 Å². The minimum absolute atomic E-state index is 0.0922. The van der Waals surface area contributed by atoms with Crippen LogP contribution in [0.15, 0.2) is 36.4 Å². The molecule has 0 radical (unpaired) electrons. The van der Waals surface area contributed by atoms with E-state index in [1.54, 1.807) is 38.1 Å². The van der Waals surface area contributed by atoms with Gasteiger partial charge in [-0.15, -0.1) is 0 Å². The molecular formula is C15H15NO3. The van der Waals surface area contributed by atoms with Gasteiger partial charge in [-0.25, -0.2) is 0 Å². The first-order valence-electron chi connectivity index (χ1n) is 5.88. The number of phenols is 2. The van der Waals surface area contributed by atoms with Gasteiger partial charge in [0, 0.05) is 11.3 Å². The van der Waals surface area contributed by atoms with E-state index in [2.05, 4.69) is 5.32 Å². The summed E-state index contributed by atoms with van der Waals surface area (Å²) in [4.78, 5) is 12.0. The molecule has 19 heavy (non-hydrogen) atoms. The van der Waals surface area contributed by atoms with Crippen molar-refractivity contribution in [2.75, 3.05) is 5.32 Å². The van der Waals surface area contributed by atoms with Crippen LogP contribution in [0, 0.1) is 13.8 Å². The predicted molar refractivity (Wildman–Crippen MR) is 73.6 cm³/mol. The Morgan fingerprint density at radius 1 is 0.947 bits per heavy atom. The van der Waals surface area contributed by atoms with Crippen molar-refractivity contribution in [3.8, 4) is 11.5 Å². The van der Waals surface area contributed by atoms with E-state index in [1.165, 1.54) is 12.1 Å². The zero-order valence-corrected chi connectivity index (χ0v) is 10.8. The van der Waals surface area contributed by atoms with E-state index in [0.717, 1.165) is 5.56 Å². The average molecular weight is 257 g/mol. The lowest BCUT2D eigenvalue weighted by molar-refractivity contribution is 0.102. The van der Waals surface area contributed by atoms with Crippen molar-refractivity contribution in [1.82, 2.24) is 0 Å². The minimum Gasteiger partial charge on any atom is -0.508 e. The molecule has 2 rings (SSSR count). The number of phenolic OH excluding ortho intramolecular Hbond substituents is 2. The molecule has 0 fully saturated rings. The summed E-state index contributed by atoms with van der Waals surface area (Å²) in [7, 11) is 0. The zero-order chi connectivity index (χ0) is 14.0. The van der Waals surface area contributed by atoms with Crippen molar-refractivity contribution < 1.29 is 15.0 Å². The molecule has 0 aliphatic rings. The van der Waals surface area contributed by atoms with E-state index in [-0.39, 0.29) is 17.4 Å². The highest BCUT2D eigenvalue weighted by Crippen LogP contribution is 2.22. The van der Waals surface area contributed by atoms with Gasteiger partial charge in [0.1, 0.15) is 11.5 Å². The van der Waals surface area contributed by atoms with Crippen LogP contribution in [-0.2, 0) is 0 Å². The van der Waals surface area contributed by atoms with Crippen molar-refractivity contribution in [3.05, 3.63) is 53.1 Å². The molecule has 98 valence electrons. The first kappa shape index (κ1) is 13.0. The fourth-order valence-corrected chi connectivity index (χ4v) is 1.69. The number of aryl methyl sites for hydroxylation is 2. The van der Waals surface area contributed by atoms with Gasteiger partial charge in [0.15, 0.2) is 0 Å². The van der Waals surface area contributed by atoms with E-state index in [4.69, 9.17) is 0 Å². The maximum atomic E-state index is 12.0. The van der Waals surface area contributed by atoms with Gasteiger partial charge in [0.2, 0.25) is 0 Å². The maximum Gasteiger partial charge on any atom is 0.255 e. The van der Waals surface area contributed by atoms with Crippen LogP contribution in [0.25, 0.3) is 0 Å². The van der Waals surface area contributed by atoms with Crippen LogP contribution >= 0.6 is 0 Å². The number of carbonyl (C=O) groups is 1. The second-order valence-corrected chi connectivity index (χ2v) is 4.46. The summed E-state index contributed by atoms with van der Waals surface area (Å²) in [6.07, 6.45) is 0. The third-order valence-electron chi connectivity index (χ3n) is 2.93. The molecule has 0 aromatic heterocycles. The number of anilines is 1. The number of rotatable bonds is 2. The molecule has 3 N–H and O–H groups in total. The molecule has 2 aromatic rings. The summed E-state index contributed by atoms with van der Waals surface area (Å²) in [5, 5.41) is 21.7. The smallest absolute Gasteiger partial charge is 0.255 e. The summed E-state index contributed by atoms with van der Waals surface area (Å²) in [5.41, 5.74) is 2.38. The second-order valence-electron chi connectivity index (χ2n) is 4.46. The SMILES string of the molecule is Cc1cc(NC(=O)c2ccc(C)c(O)c2)ccc1O. The number of benzene rings is 2. The zero-order valence-electron chi connectivity index (χ0n) is 10.8. The number of hydrogen-bond donors (Lipinski definition) is 3. The van der Waals surface area contributed by atoms with Gasteiger partial charge in [0.25, 0.3) is 5.91 Å². The molecule has 0 unspecified atom stereocenters. The molecule has 0 aliphatic carbocycles. The van der Waals surface area contributed by atoms with Crippen LogP contribution in [0.3, 0.4) is 0 Å². The van der Waals surface area contributed by atoms with Crippen molar-refractivity contribution >= 4 is 11.6 Å². The highest BCUT2D eigenvalue weighted by atomic mass is 16.3. The molecule has 0 spiro atoms. The summed E-state index contributed by atoms with van der Waals surface area (Å²) in [5.74, 6) is -0.0269. The van der Waals surface area contributed by atoms with Crippen LogP contribution < -0.4 is 5.32 Å². The molecule has 4 heteroatoms. The van der Waals surface area contributed by atoms with Gasteiger partial charge in [-0.2, -0.15) is 0 Å². The Morgan fingerprint density at radius 2 is 1.68 bits per heavy atom. The van der Waals surface area contributed by atoms with Crippen LogP contribution in [-0.4, -0.2) is 16.1 Å². The van der Waals surface area contributed by atoms with E-state index in [1.807, 2.05) is 0 Å². The Kier molecular flexibility index (Phi) is 3.42. The van der Waals surface area contributed by atoms with Gasteiger partial charge in [-0.05, 0) is 55.3 Å². The summed E-state index contributed by atoms with van der Waals surface area (Å²) >= 11 is 0. The summed E-state index contributed by atoms with van der Waals surface area (Å²) < 4.78 is 0. The Labute approximate surface area is 111 Å². The number of nitrogens with one attached hydrogen (secondary N) is 1. The molecule has 0 aliphatic heterocycles. The lowest BCUT2D eigenvalue weighted by Crippen LogP contribution is -2.11. The Morgan fingerprint density at radius 3 is 2.32 bits per heavy atom. The monoisotopic (exact) mass is 257 g/mol. The van der Waals surface area contributed by atoms with E-state index in [9.17, 15) is 15.0 Å². The molecule has 0 saturated carbocycles. The van der Waals surface area contributed by atoms with Crippen molar-refractivity contribution in [3.63, 3.8) is 0 Å². The van der Waals surface area contributed by atoms with Gasteiger partial charge in [0.05, 0.1) is 0 Å². The van der Waals surface area contributed by atoms with Gasteiger partial charge >= 0.3 is 0 Å². The normalized spacial score (nSPS) is 10.2. The number of carbonyl (C=O) groups excluding carboxylic acids is 1. The van der Waals surface area contributed by atoms with Crippen LogP contribution in [0.2, 0.25) is 0 Å². The highest BCUT2D eigenvalue weighted by molar-refractivity contribution is 6.04.